The summed E-state index contributed by atoms with van der Waals surface area (Å²) in [5, 5.41) is 18.6. The fourth-order valence-corrected chi connectivity index (χ4v) is 3.88. The zero-order chi connectivity index (χ0) is 22.1. The van der Waals surface area contributed by atoms with Gasteiger partial charge in [-0.25, -0.2) is 19.6 Å². The Labute approximate surface area is 180 Å². The molecular formula is C19H25ClN6O4. The first-order chi connectivity index (χ1) is 14.1. The van der Waals surface area contributed by atoms with Crippen molar-refractivity contribution in [2.75, 3.05) is 31.1 Å². The molecule has 11 heteroatoms. The number of carboxylic acid groups (broad SMARTS) is 1. The smallest absolute Gasteiger partial charge is 0.410 e. The molecule has 1 N–H and O–H groups in total. The molecule has 10 nitrogen and oxygen atoms in total. The van der Waals surface area contributed by atoms with Gasteiger partial charge >= 0.3 is 12.2 Å². The van der Waals surface area contributed by atoms with Crippen molar-refractivity contribution in [2.45, 2.75) is 51.8 Å². The Morgan fingerprint density at radius 1 is 1.30 bits per heavy atom. The molecule has 3 heterocycles. The van der Waals surface area contributed by atoms with Crippen LogP contribution in [-0.2, 0) is 17.7 Å². The standard InChI is InChI=1S/C19H25ClN6O4/c1-19(2,3)30-18(29)26-9-8-24(10-12(26)4-6-21)15-13-5-7-25(17(27)28)11-14(13)22-16(20)23-15/h12H,4-5,7-11H2,1-3H3,(H,27,28)/t12-/m0/s1. The van der Waals surface area contributed by atoms with Gasteiger partial charge in [0.2, 0.25) is 5.28 Å². The molecule has 1 fully saturated rings. The predicted octanol–water partition coefficient (Wildman–Crippen LogP) is 2.51. The summed E-state index contributed by atoms with van der Waals surface area (Å²) in [6, 6.07) is 1.78. The highest BCUT2D eigenvalue weighted by atomic mass is 35.5. The highest BCUT2D eigenvalue weighted by Gasteiger charge is 2.35. The van der Waals surface area contributed by atoms with Crippen molar-refractivity contribution in [3.8, 4) is 6.07 Å². The molecule has 1 atom stereocenters. The maximum absolute atomic E-state index is 12.6. The average Bonchev–Trinajstić information content (AvgIpc) is 2.65. The van der Waals surface area contributed by atoms with Crippen molar-refractivity contribution >= 4 is 29.6 Å². The van der Waals surface area contributed by atoms with Crippen LogP contribution in [0, 0.1) is 11.3 Å². The van der Waals surface area contributed by atoms with Crippen molar-refractivity contribution in [2.24, 2.45) is 0 Å². The monoisotopic (exact) mass is 436 g/mol. The third-order valence-electron chi connectivity index (χ3n) is 5.02. The fraction of sp³-hybridized carbons (Fsp3) is 0.632. The third-order valence-corrected chi connectivity index (χ3v) is 5.19. The molecule has 0 radical (unpaired) electrons. The largest absolute Gasteiger partial charge is 0.465 e. The predicted molar refractivity (Wildman–Crippen MR) is 108 cm³/mol. The minimum Gasteiger partial charge on any atom is -0.465 e. The van der Waals surface area contributed by atoms with E-state index >= 15 is 0 Å². The maximum Gasteiger partial charge on any atom is 0.410 e. The number of piperazine rings is 1. The van der Waals surface area contributed by atoms with Crippen molar-refractivity contribution < 1.29 is 19.4 Å². The molecule has 0 aliphatic carbocycles. The van der Waals surface area contributed by atoms with Gasteiger partial charge in [-0.15, -0.1) is 0 Å². The van der Waals surface area contributed by atoms with Gasteiger partial charge in [0.25, 0.3) is 0 Å². The molecule has 0 bridgehead atoms. The van der Waals surface area contributed by atoms with Crippen LogP contribution in [0.25, 0.3) is 0 Å². The number of nitrogens with zero attached hydrogens (tertiary/aromatic N) is 6. The summed E-state index contributed by atoms with van der Waals surface area (Å²) in [4.78, 5) is 37.4. The van der Waals surface area contributed by atoms with Crippen LogP contribution in [0.1, 0.15) is 38.4 Å². The average molecular weight is 437 g/mol. The van der Waals surface area contributed by atoms with E-state index in [0.717, 1.165) is 5.56 Å². The van der Waals surface area contributed by atoms with Gasteiger partial charge in [0.1, 0.15) is 11.4 Å². The molecule has 0 unspecified atom stereocenters. The summed E-state index contributed by atoms with van der Waals surface area (Å²) in [6.45, 7) is 7.17. The Bertz CT molecular complexity index is 881. The molecule has 0 saturated carbocycles. The van der Waals surface area contributed by atoms with E-state index in [0.29, 0.717) is 44.1 Å². The van der Waals surface area contributed by atoms with E-state index in [2.05, 4.69) is 16.0 Å². The Kier molecular flexibility index (Phi) is 6.22. The van der Waals surface area contributed by atoms with Gasteiger partial charge in [0.05, 0.1) is 30.8 Å². The topological polar surface area (TPSA) is 123 Å². The molecule has 1 aromatic heterocycles. The summed E-state index contributed by atoms with van der Waals surface area (Å²) < 4.78 is 5.49. The number of hydrogen-bond donors (Lipinski definition) is 1. The van der Waals surface area contributed by atoms with E-state index in [1.54, 1.807) is 25.7 Å². The number of hydrogen-bond acceptors (Lipinski definition) is 7. The number of nitriles is 1. The molecule has 30 heavy (non-hydrogen) atoms. The number of anilines is 1. The van der Waals surface area contributed by atoms with Crippen LogP contribution in [0.15, 0.2) is 0 Å². The lowest BCUT2D eigenvalue weighted by molar-refractivity contribution is 0.0144. The van der Waals surface area contributed by atoms with Crippen LogP contribution in [0.4, 0.5) is 15.4 Å². The lowest BCUT2D eigenvalue weighted by atomic mass is 10.0. The molecule has 0 spiro atoms. The molecule has 1 aromatic rings. The van der Waals surface area contributed by atoms with Gasteiger partial charge in [-0.1, -0.05) is 0 Å². The van der Waals surface area contributed by atoms with Crippen molar-refractivity contribution in [3.05, 3.63) is 16.5 Å². The lowest BCUT2D eigenvalue weighted by Gasteiger charge is -2.42. The van der Waals surface area contributed by atoms with Gasteiger partial charge in [-0.3, -0.25) is 0 Å². The number of rotatable bonds is 2. The Morgan fingerprint density at radius 2 is 2.03 bits per heavy atom. The third kappa shape index (κ3) is 4.84. The summed E-state index contributed by atoms with van der Waals surface area (Å²) in [7, 11) is 0. The molecular weight excluding hydrogens is 412 g/mol. The normalized spacial score (nSPS) is 19.2. The van der Waals surface area contributed by atoms with Gasteiger partial charge in [0, 0.05) is 31.7 Å². The number of halogens is 1. The quantitative estimate of drug-likeness (QED) is 0.701. The molecule has 2 aliphatic heterocycles. The second-order valence-corrected chi connectivity index (χ2v) is 8.67. The Balaban J connectivity index is 1.84. The van der Waals surface area contributed by atoms with Crippen molar-refractivity contribution in [1.82, 2.24) is 19.8 Å². The highest BCUT2D eigenvalue weighted by molar-refractivity contribution is 6.28. The van der Waals surface area contributed by atoms with Crippen LogP contribution in [0.3, 0.4) is 0 Å². The number of amides is 2. The number of fused-ring (bicyclic) bond motifs is 1. The first-order valence-electron chi connectivity index (χ1n) is 9.73. The minimum absolute atomic E-state index is 0.0439. The number of aromatic nitrogens is 2. The van der Waals surface area contributed by atoms with Gasteiger partial charge < -0.3 is 24.5 Å². The van der Waals surface area contributed by atoms with E-state index in [1.807, 2.05) is 4.90 Å². The number of carbonyl (C=O) groups excluding carboxylic acids is 1. The molecule has 162 valence electrons. The fourth-order valence-electron chi connectivity index (χ4n) is 3.69. The van der Waals surface area contributed by atoms with Crippen molar-refractivity contribution in [3.63, 3.8) is 0 Å². The Morgan fingerprint density at radius 3 is 2.67 bits per heavy atom. The van der Waals surface area contributed by atoms with E-state index in [4.69, 9.17) is 16.3 Å². The first kappa shape index (κ1) is 21.9. The molecule has 0 aromatic carbocycles. The van der Waals surface area contributed by atoms with E-state index < -0.39 is 17.8 Å². The van der Waals surface area contributed by atoms with Crippen molar-refractivity contribution in [1.29, 1.82) is 5.26 Å². The number of carbonyl (C=O) groups is 2. The van der Waals surface area contributed by atoms with Gasteiger partial charge in [-0.05, 0) is 38.8 Å². The molecule has 2 amide bonds. The zero-order valence-corrected chi connectivity index (χ0v) is 18.0. The highest BCUT2D eigenvalue weighted by Crippen LogP contribution is 2.30. The van der Waals surface area contributed by atoms with E-state index in [9.17, 15) is 20.0 Å². The first-order valence-corrected chi connectivity index (χ1v) is 10.1. The Hall–Kier alpha value is -2.80. The van der Waals surface area contributed by atoms with Crippen LogP contribution in [0.2, 0.25) is 5.28 Å². The summed E-state index contributed by atoms with van der Waals surface area (Å²) in [5.74, 6) is 0.641. The summed E-state index contributed by atoms with van der Waals surface area (Å²) in [6.07, 6.45) is -0.813. The lowest BCUT2D eigenvalue weighted by Crippen LogP contribution is -2.56. The van der Waals surface area contributed by atoms with Gasteiger partial charge in [-0.2, -0.15) is 5.26 Å². The summed E-state index contributed by atoms with van der Waals surface area (Å²) in [5.41, 5.74) is 0.823. The SMILES string of the molecule is CC(C)(C)OC(=O)N1CCN(c2nc(Cl)nc3c2CCN(C(=O)O)C3)C[C@@H]1CC#N. The van der Waals surface area contributed by atoms with Crippen LogP contribution < -0.4 is 4.90 Å². The summed E-state index contributed by atoms with van der Waals surface area (Å²) >= 11 is 6.13. The molecule has 1 saturated heterocycles. The maximum atomic E-state index is 12.6. The van der Waals surface area contributed by atoms with E-state index in [-0.39, 0.29) is 24.3 Å². The van der Waals surface area contributed by atoms with Crippen LogP contribution in [0.5, 0.6) is 0 Å². The minimum atomic E-state index is -1.00. The van der Waals surface area contributed by atoms with Gasteiger partial charge in [0.15, 0.2) is 0 Å². The molecule has 2 aliphatic rings. The van der Waals surface area contributed by atoms with E-state index in [1.165, 1.54) is 4.90 Å². The number of ether oxygens (including phenoxy) is 1. The van der Waals surface area contributed by atoms with Crippen LogP contribution in [-0.4, -0.2) is 74.9 Å². The molecule has 3 rings (SSSR count). The zero-order valence-electron chi connectivity index (χ0n) is 17.3. The second-order valence-electron chi connectivity index (χ2n) is 8.33. The second kappa shape index (κ2) is 8.52. The van der Waals surface area contributed by atoms with Crippen LogP contribution >= 0.6 is 11.6 Å².